The van der Waals surface area contributed by atoms with E-state index in [9.17, 15) is 0 Å². The van der Waals surface area contributed by atoms with Gasteiger partial charge in [0, 0.05) is 0 Å². The first-order valence-corrected chi connectivity index (χ1v) is 0.651. The Labute approximate surface area is 125 Å². The molecule has 0 unspecified atom stereocenters. The van der Waals surface area contributed by atoms with Gasteiger partial charge in [0.05, 0.1) is 0 Å². The second kappa shape index (κ2) is 15.7. The van der Waals surface area contributed by atoms with Gasteiger partial charge in [-0.3, -0.25) is 0 Å². The first kappa shape index (κ1) is 22.8. The zero-order valence-corrected chi connectivity index (χ0v) is 12.6. The van der Waals surface area contributed by atoms with Gasteiger partial charge in [0.25, 0.3) is 0 Å². The van der Waals surface area contributed by atoms with E-state index >= 15 is 0 Å². The summed E-state index contributed by atoms with van der Waals surface area (Å²) in [6.45, 7) is 0. The van der Waals surface area contributed by atoms with Crippen molar-refractivity contribution >= 4 is 6.16 Å². The van der Waals surface area contributed by atoms with Crippen LogP contribution in [0.2, 0.25) is 0 Å². The van der Waals surface area contributed by atoms with Crippen molar-refractivity contribution in [1.29, 1.82) is 0 Å². The largest absolute Gasteiger partial charge is 1.00 e. The maximum atomic E-state index is 8.56. The standard InChI is InChI=1S/CH2O3.Cs.Na.H2O.2H/c2-1(3)4;;;;;/h(H2,2,3,4);;;1H2;;/q;2*+1;;2*-1. The van der Waals surface area contributed by atoms with Crippen molar-refractivity contribution in [2.75, 3.05) is 0 Å². The summed E-state index contributed by atoms with van der Waals surface area (Å²) in [5.74, 6) is 0. The van der Waals surface area contributed by atoms with E-state index in [1.165, 1.54) is 0 Å². The Hall–Kier alpha value is 2.28. The summed E-state index contributed by atoms with van der Waals surface area (Å²) in [5.41, 5.74) is 0. The van der Waals surface area contributed by atoms with Gasteiger partial charge in [-0.15, -0.1) is 0 Å². The molecule has 0 rings (SSSR count). The molecule has 0 aromatic rings. The van der Waals surface area contributed by atoms with Crippen LogP contribution in [0.15, 0.2) is 0 Å². The normalized spacial score (nSPS) is 3.43. The van der Waals surface area contributed by atoms with Crippen molar-refractivity contribution in [2.45, 2.75) is 0 Å². The van der Waals surface area contributed by atoms with Crippen molar-refractivity contribution < 1.29 is 122 Å². The SMILES string of the molecule is O.O=C(O)O.[Cs+].[H-].[H-].[Na+]. The maximum absolute atomic E-state index is 8.56. The Kier molecular flexibility index (Phi) is 51.3. The van der Waals surface area contributed by atoms with E-state index in [-0.39, 0.29) is 107 Å². The number of hydrogen-bond donors (Lipinski definition) is 2. The van der Waals surface area contributed by atoms with Crippen LogP contribution in [0.3, 0.4) is 0 Å². The topological polar surface area (TPSA) is 89.0 Å². The van der Waals surface area contributed by atoms with Crippen LogP contribution in [0, 0.1) is 0 Å². The average Bonchev–Trinajstić information content (AvgIpc) is 0.811. The van der Waals surface area contributed by atoms with E-state index in [0.717, 1.165) is 0 Å². The molecular formula is CH6CsNaO4. The summed E-state index contributed by atoms with van der Waals surface area (Å²) in [4.78, 5) is 8.56. The smallest absolute Gasteiger partial charge is 1.00 e. The molecule has 0 aliphatic carbocycles. The van der Waals surface area contributed by atoms with E-state index in [1.807, 2.05) is 0 Å². The molecule has 36 valence electrons. The molecule has 4 N–H and O–H groups in total. The van der Waals surface area contributed by atoms with Gasteiger partial charge in [0.2, 0.25) is 0 Å². The minimum atomic E-state index is -1.83. The summed E-state index contributed by atoms with van der Waals surface area (Å²) < 4.78 is 0. The Balaban J connectivity index is -0.00000000450. The summed E-state index contributed by atoms with van der Waals surface area (Å²) >= 11 is 0. The van der Waals surface area contributed by atoms with E-state index in [0.29, 0.717) is 0 Å². The Morgan fingerprint density at radius 1 is 1.43 bits per heavy atom. The van der Waals surface area contributed by atoms with Crippen LogP contribution in [0.1, 0.15) is 2.85 Å². The van der Waals surface area contributed by atoms with E-state index in [4.69, 9.17) is 15.0 Å². The number of carbonyl (C=O) groups is 1. The molecule has 4 nitrogen and oxygen atoms in total. The number of rotatable bonds is 0. The molecule has 0 atom stereocenters. The Morgan fingerprint density at radius 2 is 1.43 bits per heavy atom. The predicted molar refractivity (Wildman–Crippen MR) is 16.5 cm³/mol. The van der Waals surface area contributed by atoms with Crippen molar-refractivity contribution in [3.63, 3.8) is 0 Å². The van der Waals surface area contributed by atoms with Crippen LogP contribution >= 0.6 is 0 Å². The van der Waals surface area contributed by atoms with Gasteiger partial charge in [-0.25, -0.2) is 4.79 Å². The minimum absolute atomic E-state index is 0. The van der Waals surface area contributed by atoms with E-state index in [2.05, 4.69) is 0 Å². The molecule has 0 aromatic heterocycles. The molecule has 0 saturated carbocycles. The van der Waals surface area contributed by atoms with Gasteiger partial charge in [-0.05, 0) is 0 Å². The fraction of sp³-hybridized carbons (Fsp3) is 0. The predicted octanol–water partition coefficient (Wildman–Crippen LogP) is -6.37. The zero-order valence-electron chi connectivity index (χ0n) is 6.30. The molecule has 0 aliphatic rings. The summed E-state index contributed by atoms with van der Waals surface area (Å²) in [6.07, 6.45) is -1.83. The third-order valence-electron chi connectivity index (χ3n) is 0. The minimum Gasteiger partial charge on any atom is -1.00 e. The van der Waals surface area contributed by atoms with Gasteiger partial charge < -0.3 is 18.5 Å². The molecule has 0 bridgehead atoms. The maximum Gasteiger partial charge on any atom is 1.00 e. The molecule has 0 heterocycles. The molecule has 0 radical (unpaired) electrons. The monoisotopic (exact) mass is 238 g/mol. The van der Waals surface area contributed by atoms with E-state index in [1.54, 1.807) is 0 Å². The number of carboxylic acid groups (broad SMARTS) is 2. The van der Waals surface area contributed by atoms with Gasteiger partial charge >= 0.3 is 105 Å². The molecule has 0 spiro atoms. The third-order valence-corrected chi connectivity index (χ3v) is 0. The first-order valence-electron chi connectivity index (χ1n) is 0.651. The fourth-order valence-corrected chi connectivity index (χ4v) is 0. The van der Waals surface area contributed by atoms with Crippen LogP contribution < -0.4 is 98.5 Å². The molecule has 6 heteroatoms. The molecular weight excluding hydrogens is 232 g/mol. The second-order valence-electron chi connectivity index (χ2n) is 0.283. The average molecular weight is 238 g/mol. The third kappa shape index (κ3) is 62.8. The summed E-state index contributed by atoms with van der Waals surface area (Å²) in [5, 5.41) is 13.9. The van der Waals surface area contributed by atoms with Gasteiger partial charge in [0.15, 0.2) is 0 Å². The van der Waals surface area contributed by atoms with Gasteiger partial charge in [0.1, 0.15) is 0 Å². The molecule has 0 amide bonds. The van der Waals surface area contributed by atoms with Crippen LogP contribution in [-0.4, -0.2) is 21.8 Å². The van der Waals surface area contributed by atoms with E-state index < -0.39 is 6.16 Å². The van der Waals surface area contributed by atoms with Crippen LogP contribution in [-0.2, 0) is 0 Å². The van der Waals surface area contributed by atoms with Crippen molar-refractivity contribution in [1.82, 2.24) is 0 Å². The number of hydrogen-bond acceptors (Lipinski definition) is 1. The van der Waals surface area contributed by atoms with Crippen LogP contribution in [0.5, 0.6) is 0 Å². The molecule has 0 aliphatic heterocycles. The van der Waals surface area contributed by atoms with Gasteiger partial charge in [-0.1, -0.05) is 0 Å². The molecule has 0 saturated heterocycles. The molecule has 7 heavy (non-hydrogen) atoms. The second-order valence-corrected chi connectivity index (χ2v) is 0.283. The fourth-order valence-electron chi connectivity index (χ4n) is 0. The first-order chi connectivity index (χ1) is 1.73. The van der Waals surface area contributed by atoms with Crippen LogP contribution in [0.4, 0.5) is 4.79 Å². The van der Waals surface area contributed by atoms with Crippen LogP contribution in [0.25, 0.3) is 0 Å². The molecule has 0 fully saturated rings. The van der Waals surface area contributed by atoms with Crippen molar-refractivity contribution in [2.24, 2.45) is 0 Å². The van der Waals surface area contributed by atoms with Crippen molar-refractivity contribution in [3.05, 3.63) is 0 Å². The zero-order chi connectivity index (χ0) is 3.58. The van der Waals surface area contributed by atoms with Gasteiger partial charge in [-0.2, -0.15) is 0 Å². The van der Waals surface area contributed by atoms with Crippen molar-refractivity contribution in [3.8, 4) is 0 Å². The molecule has 0 aromatic carbocycles. The quantitative estimate of drug-likeness (QED) is 0.411. The summed E-state index contributed by atoms with van der Waals surface area (Å²) in [6, 6.07) is 0. The Bertz CT molecular complexity index is 41.5. The summed E-state index contributed by atoms with van der Waals surface area (Å²) in [7, 11) is 0. The Morgan fingerprint density at radius 3 is 1.43 bits per heavy atom.